The van der Waals surface area contributed by atoms with E-state index in [9.17, 15) is 8.78 Å². The Morgan fingerprint density at radius 3 is 2.26 bits per heavy atom. The van der Waals surface area contributed by atoms with Gasteiger partial charge in [0.1, 0.15) is 11.5 Å². The van der Waals surface area contributed by atoms with Gasteiger partial charge in [-0.25, -0.2) is 18.4 Å². The summed E-state index contributed by atoms with van der Waals surface area (Å²) in [5.41, 5.74) is 1.41. The zero-order chi connectivity index (χ0) is 24.2. The highest BCUT2D eigenvalue weighted by Crippen LogP contribution is 2.41. The summed E-state index contributed by atoms with van der Waals surface area (Å²) in [4.78, 5) is 6.91. The number of aryl methyl sites for hydroxylation is 1. The lowest BCUT2D eigenvalue weighted by molar-refractivity contribution is 0.324. The number of halogens is 2. The molecule has 0 bridgehead atoms. The van der Waals surface area contributed by atoms with Crippen molar-refractivity contribution in [3.63, 3.8) is 0 Å². The van der Waals surface area contributed by atoms with Gasteiger partial charge in [-0.15, -0.1) is 22.7 Å². The highest BCUT2D eigenvalue weighted by Gasteiger charge is 2.17. The first-order chi connectivity index (χ1) is 16.4. The van der Waals surface area contributed by atoms with Crippen LogP contribution < -0.4 is 19.0 Å². The quantitative estimate of drug-likeness (QED) is 0.292. The fraction of sp³-hybridized carbons (Fsp3) is 0.167. The summed E-state index contributed by atoms with van der Waals surface area (Å²) in [6.07, 6.45) is 1.71. The zero-order valence-electron chi connectivity index (χ0n) is 18.8. The fourth-order valence-electron chi connectivity index (χ4n) is 3.23. The van der Waals surface area contributed by atoms with Gasteiger partial charge in [-0.2, -0.15) is 5.10 Å². The second kappa shape index (κ2) is 10.2. The van der Waals surface area contributed by atoms with Crippen LogP contribution >= 0.6 is 22.7 Å². The highest BCUT2D eigenvalue weighted by molar-refractivity contribution is 7.13. The summed E-state index contributed by atoms with van der Waals surface area (Å²) >= 11 is 2.86. The van der Waals surface area contributed by atoms with Gasteiger partial charge >= 0.3 is 0 Å². The van der Waals surface area contributed by atoms with E-state index in [-0.39, 0.29) is 5.69 Å². The Morgan fingerprint density at radius 1 is 0.941 bits per heavy atom. The molecule has 0 unspecified atom stereocenters. The normalized spacial score (nSPS) is 11.9. The van der Waals surface area contributed by atoms with Crippen molar-refractivity contribution in [1.82, 2.24) is 4.68 Å². The van der Waals surface area contributed by atoms with E-state index in [2.05, 4.69) is 10.1 Å². The second-order valence-corrected chi connectivity index (χ2v) is 9.19. The fourth-order valence-corrected chi connectivity index (χ4v) is 4.82. The van der Waals surface area contributed by atoms with Crippen LogP contribution in [0.3, 0.4) is 0 Å². The van der Waals surface area contributed by atoms with Crippen LogP contribution in [0.15, 0.2) is 57.9 Å². The molecule has 0 aliphatic carbocycles. The average molecular weight is 502 g/mol. The van der Waals surface area contributed by atoms with E-state index in [0.29, 0.717) is 27.7 Å². The van der Waals surface area contributed by atoms with Crippen molar-refractivity contribution in [1.29, 1.82) is 0 Å². The number of hydrogen-bond donors (Lipinski definition) is 0. The second-order valence-electron chi connectivity index (χ2n) is 7.03. The molecule has 2 aromatic carbocycles. The summed E-state index contributed by atoms with van der Waals surface area (Å²) < 4.78 is 45.7. The molecule has 0 amide bonds. The molecule has 2 heterocycles. The Kier molecular flexibility index (Phi) is 7.09. The molecule has 0 aliphatic rings. The molecule has 0 atom stereocenters. The first-order valence-electron chi connectivity index (χ1n) is 10.0. The molecule has 10 heteroatoms. The average Bonchev–Trinajstić information content (AvgIpc) is 3.43. The number of thiazole rings is 1. The Labute approximate surface area is 203 Å². The van der Waals surface area contributed by atoms with E-state index in [0.717, 1.165) is 27.5 Å². The van der Waals surface area contributed by atoms with Gasteiger partial charge in [0.15, 0.2) is 17.3 Å². The molecule has 34 heavy (non-hydrogen) atoms. The van der Waals surface area contributed by atoms with Gasteiger partial charge in [0.2, 0.25) is 10.6 Å². The molecular weight excluding hydrogens is 480 g/mol. The molecule has 0 saturated carbocycles. The lowest BCUT2D eigenvalue weighted by Crippen LogP contribution is -2.11. The van der Waals surface area contributed by atoms with Crippen LogP contribution in [0.25, 0.3) is 11.3 Å². The van der Waals surface area contributed by atoms with Crippen LogP contribution in [0.2, 0.25) is 0 Å². The van der Waals surface area contributed by atoms with Gasteiger partial charge in [0, 0.05) is 26.8 Å². The maximum atomic E-state index is 14.3. The molecule has 6 nitrogen and oxygen atoms in total. The Bertz CT molecular complexity index is 1400. The van der Waals surface area contributed by atoms with Gasteiger partial charge in [-0.1, -0.05) is 0 Å². The SMILES string of the molecule is COc1cc(-c2csc(=Nc3ccc(F)cc3F)n2N=Cc2ccc(C)s2)cc(OC)c1OC. The molecule has 0 spiro atoms. The summed E-state index contributed by atoms with van der Waals surface area (Å²) in [6.45, 7) is 2.01. The first-order valence-corrected chi connectivity index (χ1v) is 11.7. The Hall–Kier alpha value is -3.50. The van der Waals surface area contributed by atoms with Crippen LogP contribution in [0.5, 0.6) is 17.2 Å². The highest BCUT2D eigenvalue weighted by atomic mass is 32.1. The standard InChI is InChI=1S/C24H21F2N3O3S2/c1-14-5-7-17(34-14)12-27-29-20(15-9-21(30-2)23(32-4)22(10-15)31-3)13-33-24(29)28-19-8-6-16(25)11-18(19)26/h5-13H,1-4H3. The zero-order valence-corrected chi connectivity index (χ0v) is 20.5. The van der Waals surface area contributed by atoms with Gasteiger partial charge in [0.05, 0.1) is 33.2 Å². The number of benzene rings is 2. The smallest absolute Gasteiger partial charge is 0.211 e. The third kappa shape index (κ3) is 4.87. The molecule has 0 radical (unpaired) electrons. The number of thiophene rings is 1. The van der Waals surface area contributed by atoms with E-state index in [1.807, 2.05) is 24.4 Å². The largest absolute Gasteiger partial charge is 0.493 e. The summed E-state index contributed by atoms with van der Waals surface area (Å²) in [5, 5.41) is 6.48. The monoisotopic (exact) mass is 501 g/mol. The van der Waals surface area contributed by atoms with Crippen LogP contribution in [-0.4, -0.2) is 32.2 Å². The van der Waals surface area contributed by atoms with Crippen molar-refractivity contribution in [3.8, 4) is 28.5 Å². The van der Waals surface area contributed by atoms with Gasteiger partial charge < -0.3 is 14.2 Å². The minimum absolute atomic E-state index is 0.00982. The maximum absolute atomic E-state index is 14.3. The van der Waals surface area contributed by atoms with E-state index in [1.165, 1.54) is 38.7 Å². The lowest BCUT2D eigenvalue weighted by Gasteiger charge is -2.14. The lowest BCUT2D eigenvalue weighted by atomic mass is 10.1. The van der Waals surface area contributed by atoms with Crippen LogP contribution in [0.1, 0.15) is 9.75 Å². The van der Waals surface area contributed by atoms with E-state index in [1.54, 1.807) is 34.4 Å². The molecule has 0 fully saturated rings. The predicted molar refractivity (Wildman–Crippen MR) is 131 cm³/mol. The van der Waals surface area contributed by atoms with E-state index >= 15 is 0 Å². The maximum Gasteiger partial charge on any atom is 0.211 e. The van der Waals surface area contributed by atoms with E-state index < -0.39 is 11.6 Å². The van der Waals surface area contributed by atoms with Crippen LogP contribution in [0.4, 0.5) is 14.5 Å². The van der Waals surface area contributed by atoms with Crippen LogP contribution in [-0.2, 0) is 0 Å². The third-order valence-electron chi connectivity index (χ3n) is 4.83. The van der Waals surface area contributed by atoms with Crippen molar-refractivity contribution in [2.45, 2.75) is 6.92 Å². The number of nitrogens with zero attached hydrogens (tertiary/aromatic N) is 3. The number of methoxy groups -OCH3 is 3. The van der Waals surface area contributed by atoms with Crippen molar-refractivity contribution in [2.75, 3.05) is 21.3 Å². The summed E-state index contributed by atoms with van der Waals surface area (Å²) in [6, 6.07) is 10.8. The van der Waals surface area contributed by atoms with Crippen molar-refractivity contribution >= 4 is 34.6 Å². The molecular formula is C24H21F2N3O3S2. The molecule has 0 N–H and O–H groups in total. The van der Waals surface area contributed by atoms with Crippen molar-refractivity contribution in [3.05, 3.63) is 74.0 Å². The molecule has 176 valence electrons. The van der Waals surface area contributed by atoms with E-state index in [4.69, 9.17) is 14.2 Å². The topological polar surface area (TPSA) is 57.3 Å². The minimum atomic E-state index is -0.757. The van der Waals surface area contributed by atoms with Gasteiger partial charge in [0.25, 0.3) is 0 Å². The molecule has 4 rings (SSSR count). The first kappa shape index (κ1) is 23.7. The third-order valence-corrected chi connectivity index (χ3v) is 6.58. The molecule has 2 aromatic heterocycles. The number of ether oxygens (including phenoxy) is 3. The molecule has 0 saturated heterocycles. The number of hydrogen-bond acceptors (Lipinski definition) is 7. The Balaban J connectivity index is 1.92. The predicted octanol–water partition coefficient (Wildman–Crippen LogP) is 6.01. The van der Waals surface area contributed by atoms with Crippen molar-refractivity contribution < 1.29 is 23.0 Å². The number of rotatable bonds is 7. The minimum Gasteiger partial charge on any atom is -0.493 e. The van der Waals surface area contributed by atoms with Gasteiger partial charge in [-0.05, 0) is 43.3 Å². The van der Waals surface area contributed by atoms with Gasteiger partial charge in [-0.3, -0.25) is 0 Å². The number of aromatic nitrogens is 1. The van der Waals surface area contributed by atoms with Crippen molar-refractivity contribution in [2.24, 2.45) is 10.1 Å². The van der Waals surface area contributed by atoms with Crippen LogP contribution in [0, 0.1) is 18.6 Å². The summed E-state index contributed by atoms with van der Waals surface area (Å²) in [7, 11) is 4.61. The Morgan fingerprint density at radius 2 is 1.68 bits per heavy atom. The molecule has 0 aliphatic heterocycles. The molecule has 4 aromatic rings. The summed E-state index contributed by atoms with van der Waals surface area (Å²) in [5.74, 6) is 0.00398.